The molecular formula is C11H14Cl2OS. The summed E-state index contributed by atoms with van der Waals surface area (Å²) < 4.78 is 5.28. The Kier molecular flexibility index (Phi) is 5.10. The third-order valence-electron chi connectivity index (χ3n) is 2.33. The highest BCUT2D eigenvalue weighted by Gasteiger charge is 2.15. The number of hydrogen-bond acceptors (Lipinski definition) is 2. The molecule has 1 aromatic carbocycles. The number of rotatable bonds is 4. The summed E-state index contributed by atoms with van der Waals surface area (Å²) in [4.78, 5) is 0. The van der Waals surface area contributed by atoms with Crippen LogP contribution in [0.25, 0.3) is 0 Å². The zero-order chi connectivity index (χ0) is 11.4. The molecule has 0 heterocycles. The molecule has 0 radical (unpaired) electrons. The van der Waals surface area contributed by atoms with E-state index in [-0.39, 0.29) is 0 Å². The van der Waals surface area contributed by atoms with Crippen molar-refractivity contribution in [3.8, 4) is 5.75 Å². The van der Waals surface area contributed by atoms with E-state index in [0.29, 0.717) is 16.0 Å². The van der Waals surface area contributed by atoms with Gasteiger partial charge in [-0.05, 0) is 35.8 Å². The molecule has 0 aliphatic heterocycles. The van der Waals surface area contributed by atoms with Crippen LogP contribution in [0.1, 0.15) is 24.8 Å². The standard InChI is InChI=1S/C11H14Cl2OS/c1-7(3-4-15)9-5-8(12)6-10(13)11(9)14-2/h5-7,15H,3-4H2,1-2H3. The topological polar surface area (TPSA) is 9.23 Å². The predicted octanol–water partition coefficient (Wildman–Crippen LogP) is 4.43. The number of benzene rings is 1. The van der Waals surface area contributed by atoms with E-state index in [0.717, 1.165) is 23.5 Å². The van der Waals surface area contributed by atoms with Gasteiger partial charge in [-0.3, -0.25) is 0 Å². The fourth-order valence-electron chi connectivity index (χ4n) is 1.51. The molecular weight excluding hydrogens is 251 g/mol. The van der Waals surface area contributed by atoms with Gasteiger partial charge in [0.25, 0.3) is 0 Å². The van der Waals surface area contributed by atoms with Crippen LogP contribution in [0, 0.1) is 0 Å². The lowest BCUT2D eigenvalue weighted by molar-refractivity contribution is 0.406. The highest BCUT2D eigenvalue weighted by molar-refractivity contribution is 7.80. The first-order chi connectivity index (χ1) is 7.10. The summed E-state index contributed by atoms with van der Waals surface area (Å²) in [5.74, 6) is 1.89. The molecule has 1 nitrogen and oxygen atoms in total. The second kappa shape index (κ2) is 5.88. The van der Waals surface area contributed by atoms with Crippen molar-refractivity contribution in [3.63, 3.8) is 0 Å². The van der Waals surface area contributed by atoms with Crippen LogP contribution in [0.3, 0.4) is 0 Å². The molecule has 0 aliphatic rings. The van der Waals surface area contributed by atoms with Gasteiger partial charge >= 0.3 is 0 Å². The molecule has 15 heavy (non-hydrogen) atoms. The number of methoxy groups -OCH3 is 1. The van der Waals surface area contributed by atoms with Crippen molar-refractivity contribution < 1.29 is 4.74 Å². The molecule has 0 N–H and O–H groups in total. The average Bonchev–Trinajstić information content (AvgIpc) is 2.17. The number of hydrogen-bond donors (Lipinski definition) is 1. The molecule has 0 bridgehead atoms. The van der Waals surface area contributed by atoms with Gasteiger partial charge in [0.05, 0.1) is 12.1 Å². The Morgan fingerprint density at radius 3 is 2.60 bits per heavy atom. The van der Waals surface area contributed by atoms with E-state index >= 15 is 0 Å². The van der Waals surface area contributed by atoms with E-state index in [1.807, 2.05) is 6.07 Å². The molecule has 0 amide bonds. The highest BCUT2D eigenvalue weighted by atomic mass is 35.5. The largest absolute Gasteiger partial charge is 0.495 e. The minimum atomic E-state index is 0.341. The van der Waals surface area contributed by atoms with E-state index in [1.165, 1.54) is 0 Å². The monoisotopic (exact) mass is 264 g/mol. The van der Waals surface area contributed by atoms with Crippen LogP contribution >= 0.6 is 35.8 Å². The quantitative estimate of drug-likeness (QED) is 0.792. The van der Waals surface area contributed by atoms with Crippen LogP contribution in [-0.2, 0) is 0 Å². The van der Waals surface area contributed by atoms with Gasteiger partial charge in [0.2, 0.25) is 0 Å². The van der Waals surface area contributed by atoms with Crippen molar-refractivity contribution in [2.45, 2.75) is 19.3 Å². The molecule has 1 atom stereocenters. The predicted molar refractivity (Wildman–Crippen MR) is 69.9 cm³/mol. The molecule has 1 aromatic rings. The van der Waals surface area contributed by atoms with Gasteiger partial charge in [-0.2, -0.15) is 12.6 Å². The second-order valence-corrected chi connectivity index (χ2v) is 4.71. The lowest BCUT2D eigenvalue weighted by atomic mass is 9.97. The van der Waals surface area contributed by atoms with Crippen molar-refractivity contribution in [3.05, 3.63) is 27.7 Å². The number of thiol groups is 1. The van der Waals surface area contributed by atoms with Crippen molar-refractivity contribution in [2.75, 3.05) is 12.9 Å². The van der Waals surface area contributed by atoms with Gasteiger partial charge in [-0.25, -0.2) is 0 Å². The Bertz CT molecular complexity index is 342. The van der Waals surface area contributed by atoms with Gasteiger partial charge in [0.1, 0.15) is 5.75 Å². The van der Waals surface area contributed by atoms with Gasteiger partial charge < -0.3 is 4.74 Å². The zero-order valence-corrected chi connectivity index (χ0v) is 11.2. The van der Waals surface area contributed by atoms with Crippen LogP contribution in [0.15, 0.2) is 12.1 Å². The van der Waals surface area contributed by atoms with E-state index in [1.54, 1.807) is 13.2 Å². The molecule has 1 rings (SSSR count). The van der Waals surface area contributed by atoms with Crippen LogP contribution in [0.5, 0.6) is 5.75 Å². The minimum absolute atomic E-state index is 0.341. The highest BCUT2D eigenvalue weighted by Crippen LogP contribution is 2.37. The van der Waals surface area contributed by atoms with E-state index < -0.39 is 0 Å². The molecule has 0 saturated heterocycles. The Labute approximate surface area is 106 Å². The third-order valence-corrected chi connectivity index (χ3v) is 3.09. The Morgan fingerprint density at radius 1 is 1.40 bits per heavy atom. The molecule has 1 unspecified atom stereocenters. The van der Waals surface area contributed by atoms with E-state index in [2.05, 4.69) is 19.6 Å². The maximum absolute atomic E-state index is 6.05. The maximum Gasteiger partial charge on any atom is 0.141 e. The third kappa shape index (κ3) is 3.20. The summed E-state index contributed by atoms with van der Waals surface area (Å²) in [6.45, 7) is 2.11. The van der Waals surface area contributed by atoms with Gasteiger partial charge in [0.15, 0.2) is 0 Å². The number of ether oxygens (including phenoxy) is 1. The van der Waals surface area contributed by atoms with Crippen molar-refractivity contribution in [1.82, 2.24) is 0 Å². The average molecular weight is 265 g/mol. The van der Waals surface area contributed by atoms with Crippen molar-refractivity contribution in [2.24, 2.45) is 0 Å². The fourth-order valence-corrected chi connectivity index (χ4v) is 2.48. The summed E-state index contributed by atoms with van der Waals surface area (Å²) >= 11 is 16.2. The van der Waals surface area contributed by atoms with Crippen LogP contribution in [0.2, 0.25) is 10.0 Å². The van der Waals surface area contributed by atoms with Gasteiger partial charge in [-0.15, -0.1) is 0 Å². The second-order valence-electron chi connectivity index (χ2n) is 3.42. The Morgan fingerprint density at radius 2 is 2.07 bits per heavy atom. The SMILES string of the molecule is COc1c(Cl)cc(Cl)cc1C(C)CCS. The first-order valence-electron chi connectivity index (χ1n) is 4.74. The molecule has 0 aromatic heterocycles. The number of halogens is 2. The molecule has 0 spiro atoms. The molecule has 0 aliphatic carbocycles. The molecule has 0 fully saturated rings. The smallest absolute Gasteiger partial charge is 0.141 e. The summed E-state index contributed by atoms with van der Waals surface area (Å²) in [5, 5.41) is 1.20. The molecule has 84 valence electrons. The Balaban J connectivity index is 3.13. The van der Waals surface area contributed by atoms with Crippen molar-refractivity contribution >= 4 is 35.8 Å². The maximum atomic E-state index is 6.05. The van der Waals surface area contributed by atoms with Crippen LogP contribution < -0.4 is 4.74 Å². The zero-order valence-electron chi connectivity index (χ0n) is 8.76. The molecule has 4 heteroatoms. The van der Waals surface area contributed by atoms with Gasteiger partial charge in [-0.1, -0.05) is 30.1 Å². The van der Waals surface area contributed by atoms with Crippen LogP contribution in [-0.4, -0.2) is 12.9 Å². The first-order valence-corrected chi connectivity index (χ1v) is 6.12. The minimum Gasteiger partial charge on any atom is -0.495 e. The lowest BCUT2D eigenvalue weighted by Gasteiger charge is -2.16. The summed E-state index contributed by atoms with van der Waals surface area (Å²) in [6.07, 6.45) is 0.968. The summed E-state index contributed by atoms with van der Waals surface area (Å²) in [7, 11) is 1.62. The normalized spacial score (nSPS) is 12.6. The summed E-state index contributed by atoms with van der Waals surface area (Å²) in [5.41, 5.74) is 1.05. The van der Waals surface area contributed by atoms with E-state index in [4.69, 9.17) is 27.9 Å². The summed E-state index contributed by atoms with van der Waals surface area (Å²) in [6, 6.07) is 3.60. The van der Waals surface area contributed by atoms with Crippen molar-refractivity contribution in [1.29, 1.82) is 0 Å². The molecule has 0 saturated carbocycles. The Hall–Kier alpha value is -0.0500. The van der Waals surface area contributed by atoms with Gasteiger partial charge in [0, 0.05) is 5.02 Å². The lowest BCUT2D eigenvalue weighted by Crippen LogP contribution is -1.99. The first kappa shape index (κ1) is 13.0. The fraction of sp³-hybridized carbons (Fsp3) is 0.455. The van der Waals surface area contributed by atoms with E-state index in [9.17, 15) is 0 Å². The van der Waals surface area contributed by atoms with Crippen LogP contribution in [0.4, 0.5) is 0 Å².